The van der Waals surface area contributed by atoms with Gasteiger partial charge >= 0.3 is 0 Å². The molecule has 1 unspecified atom stereocenters. The molecule has 2 aliphatic heterocycles. The van der Waals surface area contributed by atoms with Crippen molar-refractivity contribution >= 4 is 28.5 Å². The summed E-state index contributed by atoms with van der Waals surface area (Å²) in [6.07, 6.45) is 6.80. The first-order valence-corrected chi connectivity index (χ1v) is 9.16. The second-order valence-electron chi connectivity index (χ2n) is 7.26. The van der Waals surface area contributed by atoms with Gasteiger partial charge in [-0.1, -0.05) is 6.07 Å². The van der Waals surface area contributed by atoms with Gasteiger partial charge in [-0.05, 0) is 24.1 Å². The number of anilines is 1. The van der Waals surface area contributed by atoms with Crippen LogP contribution in [0.2, 0.25) is 0 Å². The fourth-order valence-electron chi connectivity index (χ4n) is 3.80. The number of benzene rings is 1. The Morgan fingerprint density at radius 1 is 1.30 bits per heavy atom. The maximum Gasteiger partial charge on any atom is 0.182 e. The molecule has 27 heavy (non-hydrogen) atoms. The standard InChI is InChI=1S/C20H21N6O/c1-25-9-15(10-25)14-2-3-17-16(6-14)20(24-23-17)18-7-19(22-12-21-18)26-5-4-13(8-26)11-27/h2-3,6-7,9-10,12-13,27H,4-5,8,11H2,1H3,(H,23,24)/q+1. The average molecular weight is 361 g/mol. The molecule has 0 bridgehead atoms. The number of aromatic nitrogens is 4. The van der Waals surface area contributed by atoms with Crippen LogP contribution in [0.4, 0.5) is 5.82 Å². The number of H-pyrrole nitrogens is 1. The van der Waals surface area contributed by atoms with E-state index in [9.17, 15) is 5.11 Å². The molecule has 7 heteroatoms. The van der Waals surface area contributed by atoms with E-state index in [0.29, 0.717) is 5.92 Å². The topological polar surface area (TPSA) is 80.9 Å². The summed E-state index contributed by atoms with van der Waals surface area (Å²) in [5, 5.41) is 18.0. The zero-order valence-electron chi connectivity index (χ0n) is 15.1. The highest BCUT2D eigenvalue weighted by Gasteiger charge is 2.24. The summed E-state index contributed by atoms with van der Waals surface area (Å²) >= 11 is 0. The molecule has 1 fully saturated rings. The van der Waals surface area contributed by atoms with Gasteiger partial charge in [0.15, 0.2) is 12.4 Å². The van der Waals surface area contributed by atoms with E-state index in [1.54, 1.807) is 6.33 Å². The zero-order chi connectivity index (χ0) is 18.4. The molecule has 0 radical (unpaired) electrons. The number of nitrogens with zero attached hydrogens (tertiary/aromatic N) is 5. The Morgan fingerprint density at radius 3 is 2.96 bits per heavy atom. The normalized spacial score (nSPS) is 19.2. The SMILES string of the molecule is C[N+]1=CC(c2ccc3[nH]nc(-c4cc(N5CCC(CO)C5)ncn4)c3c2)=C1. The maximum absolute atomic E-state index is 9.38. The first-order valence-electron chi connectivity index (χ1n) is 9.16. The highest BCUT2D eigenvalue weighted by molar-refractivity contribution is 6.11. The summed E-state index contributed by atoms with van der Waals surface area (Å²) in [7, 11) is 2.02. The smallest absolute Gasteiger partial charge is 0.182 e. The summed E-state index contributed by atoms with van der Waals surface area (Å²) in [4.78, 5) is 11.1. The second-order valence-corrected chi connectivity index (χ2v) is 7.26. The lowest BCUT2D eigenvalue weighted by Gasteiger charge is -2.17. The Labute approximate surface area is 156 Å². The lowest BCUT2D eigenvalue weighted by Crippen LogP contribution is -2.21. The van der Waals surface area contributed by atoms with Crippen molar-refractivity contribution in [2.45, 2.75) is 6.42 Å². The molecule has 7 nitrogen and oxygen atoms in total. The Bertz CT molecular complexity index is 1080. The van der Waals surface area contributed by atoms with Crippen LogP contribution >= 0.6 is 0 Å². The third-order valence-corrected chi connectivity index (χ3v) is 5.34. The number of aromatic amines is 1. The van der Waals surface area contributed by atoms with Crippen LogP contribution in [0.5, 0.6) is 0 Å². The fraction of sp³-hybridized carbons (Fsp3) is 0.300. The Balaban J connectivity index is 1.51. The molecule has 5 rings (SSSR count). The molecule has 2 N–H and O–H groups in total. The van der Waals surface area contributed by atoms with Crippen molar-refractivity contribution < 1.29 is 9.68 Å². The fourth-order valence-corrected chi connectivity index (χ4v) is 3.80. The monoisotopic (exact) mass is 361 g/mol. The predicted octanol–water partition coefficient (Wildman–Crippen LogP) is 1.91. The minimum absolute atomic E-state index is 0.225. The van der Waals surface area contributed by atoms with Gasteiger partial charge in [0.1, 0.15) is 30.5 Å². The van der Waals surface area contributed by atoms with Crippen molar-refractivity contribution in [1.29, 1.82) is 0 Å². The number of hydrogen-bond acceptors (Lipinski definition) is 5. The van der Waals surface area contributed by atoms with Crippen molar-refractivity contribution in [2.24, 2.45) is 5.92 Å². The van der Waals surface area contributed by atoms with Gasteiger partial charge in [0.2, 0.25) is 0 Å². The van der Waals surface area contributed by atoms with E-state index < -0.39 is 0 Å². The molecular formula is C20H21N6O+. The van der Waals surface area contributed by atoms with Gasteiger partial charge in [-0.2, -0.15) is 5.10 Å². The highest BCUT2D eigenvalue weighted by Crippen LogP contribution is 2.30. The number of fused-ring (bicyclic) bond motifs is 1. The summed E-state index contributed by atoms with van der Waals surface area (Å²) in [6, 6.07) is 8.31. The number of allylic oxidation sites excluding steroid dienone is 1. The predicted molar refractivity (Wildman–Crippen MR) is 105 cm³/mol. The van der Waals surface area contributed by atoms with Crippen LogP contribution < -0.4 is 4.90 Å². The maximum atomic E-state index is 9.38. The van der Waals surface area contributed by atoms with Gasteiger partial charge < -0.3 is 10.0 Å². The van der Waals surface area contributed by atoms with Crippen molar-refractivity contribution in [2.75, 3.05) is 31.6 Å². The van der Waals surface area contributed by atoms with E-state index in [-0.39, 0.29) is 6.61 Å². The van der Waals surface area contributed by atoms with Crippen molar-refractivity contribution in [3.05, 3.63) is 42.4 Å². The molecular weight excluding hydrogens is 340 g/mol. The third kappa shape index (κ3) is 2.80. The second kappa shape index (κ2) is 6.28. The summed E-state index contributed by atoms with van der Waals surface area (Å²) in [5.74, 6) is 1.21. The molecule has 4 heterocycles. The molecule has 2 aromatic heterocycles. The molecule has 3 aromatic rings. The van der Waals surface area contributed by atoms with Crippen LogP contribution in [0.15, 0.2) is 36.8 Å². The van der Waals surface area contributed by atoms with Crippen LogP contribution in [0, 0.1) is 5.92 Å². The Hall–Kier alpha value is -3.06. The summed E-state index contributed by atoms with van der Waals surface area (Å²) in [6.45, 7) is 1.96. The van der Waals surface area contributed by atoms with E-state index in [1.807, 2.05) is 17.7 Å². The van der Waals surface area contributed by atoms with Gasteiger partial charge in [-0.3, -0.25) is 5.10 Å². The lowest BCUT2D eigenvalue weighted by atomic mass is 10.0. The first kappa shape index (κ1) is 16.1. The largest absolute Gasteiger partial charge is 0.396 e. The summed E-state index contributed by atoms with van der Waals surface area (Å²) < 4.78 is 2.04. The molecule has 2 aliphatic rings. The van der Waals surface area contributed by atoms with Crippen molar-refractivity contribution in [3.8, 4) is 11.4 Å². The molecule has 136 valence electrons. The molecule has 0 saturated carbocycles. The van der Waals surface area contributed by atoms with Crippen LogP contribution in [0.1, 0.15) is 12.0 Å². The number of hydrogen-bond donors (Lipinski definition) is 2. The van der Waals surface area contributed by atoms with Crippen LogP contribution in [0.3, 0.4) is 0 Å². The van der Waals surface area contributed by atoms with Gasteiger partial charge in [-0.15, -0.1) is 0 Å². The minimum Gasteiger partial charge on any atom is -0.396 e. The van der Waals surface area contributed by atoms with E-state index in [4.69, 9.17) is 0 Å². The highest BCUT2D eigenvalue weighted by atomic mass is 16.3. The Morgan fingerprint density at radius 2 is 2.19 bits per heavy atom. The number of nitrogens with one attached hydrogen (secondary N) is 1. The van der Waals surface area contributed by atoms with Crippen molar-refractivity contribution in [3.63, 3.8) is 0 Å². The first-order chi connectivity index (χ1) is 13.2. The van der Waals surface area contributed by atoms with Gasteiger partial charge in [0, 0.05) is 37.1 Å². The summed E-state index contributed by atoms with van der Waals surface area (Å²) in [5.41, 5.74) is 5.01. The zero-order valence-corrected chi connectivity index (χ0v) is 15.1. The van der Waals surface area contributed by atoms with Crippen molar-refractivity contribution in [1.82, 2.24) is 20.2 Å². The molecule has 0 amide bonds. The quantitative estimate of drug-likeness (QED) is 0.694. The van der Waals surface area contributed by atoms with Gasteiger partial charge in [0.25, 0.3) is 0 Å². The van der Waals surface area contributed by atoms with E-state index in [0.717, 1.165) is 47.6 Å². The van der Waals surface area contributed by atoms with Gasteiger partial charge in [0.05, 0.1) is 11.2 Å². The van der Waals surface area contributed by atoms with E-state index in [1.165, 1.54) is 11.1 Å². The lowest BCUT2D eigenvalue weighted by molar-refractivity contribution is -0.423. The molecule has 0 spiro atoms. The average Bonchev–Trinajstić information content (AvgIpc) is 3.32. The van der Waals surface area contributed by atoms with Crippen LogP contribution in [-0.4, -0.2) is 62.8 Å². The van der Waals surface area contributed by atoms with Crippen LogP contribution in [-0.2, 0) is 0 Å². The molecule has 1 atom stereocenters. The Kier molecular flexibility index (Phi) is 3.75. The molecule has 1 saturated heterocycles. The minimum atomic E-state index is 0.225. The third-order valence-electron chi connectivity index (χ3n) is 5.34. The van der Waals surface area contributed by atoms with E-state index >= 15 is 0 Å². The van der Waals surface area contributed by atoms with Gasteiger partial charge in [-0.25, -0.2) is 14.5 Å². The molecule has 0 aliphatic carbocycles. The number of aliphatic hydroxyl groups is 1. The van der Waals surface area contributed by atoms with Crippen LogP contribution in [0.25, 0.3) is 27.9 Å². The number of aliphatic hydroxyl groups excluding tert-OH is 1. The van der Waals surface area contributed by atoms with E-state index in [2.05, 4.69) is 55.7 Å². The molecule has 1 aromatic carbocycles. The number of rotatable bonds is 4.